The number of benzene rings is 1. The van der Waals surface area contributed by atoms with Crippen molar-refractivity contribution < 1.29 is 9.53 Å². The van der Waals surface area contributed by atoms with Crippen LogP contribution in [0, 0.1) is 0 Å². The Morgan fingerprint density at radius 1 is 1.52 bits per heavy atom. The maximum atomic E-state index is 12.2. The fourth-order valence-corrected chi connectivity index (χ4v) is 3.87. The zero-order valence-corrected chi connectivity index (χ0v) is 13.9. The number of piperazine rings is 1. The first kappa shape index (κ1) is 15.0. The van der Waals surface area contributed by atoms with E-state index in [1.807, 2.05) is 6.92 Å². The van der Waals surface area contributed by atoms with Crippen LogP contribution >= 0.6 is 15.9 Å². The number of esters is 1. The first-order valence-corrected chi connectivity index (χ1v) is 8.41. The summed E-state index contributed by atoms with van der Waals surface area (Å²) in [6, 6.07) is 6.67. The van der Waals surface area contributed by atoms with E-state index in [4.69, 9.17) is 4.74 Å². The number of carbonyl (C=O) groups is 1. The molecule has 5 heteroatoms. The van der Waals surface area contributed by atoms with Gasteiger partial charge in [0, 0.05) is 30.1 Å². The van der Waals surface area contributed by atoms with Crippen molar-refractivity contribution in [1.29, 1.82) is 0 Å². The van der Waals surface area contributed by atoms with Gasteiger partial charge in [-0.3, -0.25) is 9.69 Å². The summed E-state index contributed by atoms with van der Waals surface area (Å²) >= 11 is 3.54. The molecule has 1 aromatic carbocycles. The van der Waals surface area contributed by atoms with Crippen LogP contribution in [-0.4, -0.2) is 43.2 Å². The third kappa shape index (κ3) is 3.00. The Kier molecular flexibility index (Phi) is 4.62. The molecule has 3 rings (SSSR count). The monoisotopic (exact) mass is 352 g/mol. The molecule has 0 radical (unpaired) electrons. The normalized spacial score (nSPS) is 25.6. The van der Waals surface area contributed by atoms with E-state index < -0.39 is 0 Å². The molecule has 0 spiro atoms. The van der Waals surface area contributed by atoms with Gasteiger partial charge < -0.3 is 10.1 Å². The van der Waals surface area contributed by atoms with Crippen LogP contribution in [-0.2, 0) is 16.0 Å². The SMILES string of the molecule is CCOC(=O)C1CNCCN1C1CCc2cc(Br)ccc21. The quantitative estimate of drug-likeness (QED) is 0.847. The maximum Gasteiger partial charge on any atom is 0.324 e. The summed E-state index contributed by atoms with van der Waals surface area (Å²) in [5.41, 5.74) is 2.77. The molecular formula is C16H21BrN2O2. The van der Waals surface area contributed by atoms with E-state index in [-0.39, 0.29) is 12.0 Å². The van der Waals surface area contributed by atoms with E-state index in [1.165, 1.54) is 11.1 Å². The van der Waals surface area contributed by atoms with E-state index in [2.05, 4.69) is 44.3 Å². The van der Waals surface area contributed by atoms with Gasteiger partial charge >= 0.3 is 5.97 Å². The lowest BCUT2D eigenvalue weighted by Crippen LogP contribution is -2.56. The number of halogens is 1. The fraction of sp³-hybridized carbons (Fsp3) is 0.562. The maximum absolute atomic E-state index is 12.2. The number of ether oxygens (including phenoxy) is 1. The largest absolute Gasteiger partial charge is 0.465 e. The standard InChI is InChI=1S/C16H21BrN2O2/c1-2-21-16(20)15-10-18-7-8-19(15)14-6-3-11-9-12(17)4-5-13(11)14/h4-5,9,14-15,18H,2-3,6-8,10H2,1H3. The van der Waals surface area contributed by atoms with Gasteiger partial charge in [-0.1, -0.05) is 22.0 Å². The molecular weight excluding hydrogens is 332 g/mol. The summed E-state index contributed by atoms with van der Waals surface area (Å²) in [7, 11) is 0. The van der Waals surface area contributed by atoms with Crippen molar-refractivity contribution in [2.45, 2.75) is 31.8 Å². The molecule has 1 fully saturated rings. The topological polar surface area (TPSA) is 41.6 Å². The van der Waals surface area contributed by atoms with Gasteiger partial charge in [0.2, 0.25) is 0 Å². The van der Waals surface area contributed by atoms with Crippen LogP contribution < -0.4 is 5.32 Å². The molecule has 1 aliphatic carbocycles. The van der Waals surface area contributed by atoms with Crippen LogP contribution in [0.15, 0.2) is 22.7 Å². The Hall–Kier alpha value is -0.910. The van der Waals surface area contributed by atoms with Gasteiger partial charge in [-0.05, 0) is 43.0 Å². The molecule has 1 N–H and O–H groups in total. The molecule has 1 aliphatic heterocycles. The minimum absolute atomic E-state index is 0.102. The predicted molar refractivity (Wildman–Crippen MR) is 85.2 cm³/mol. The third-order valence-corrected chi connectivity index (χ3v) is 4.89. The summed E-state index contributed by atoms with van der Waals surface area (Å²) in [5, 5.41) is 3.31. The molecule has 2 atom stereocenters. The Morgan fingerprint density at radius 3 is 3.19 bits per heavy atom. The Balaban J connectivity index is 1.84. The molecule has 1 heterocycles. The smallest absolute Gasteiger partial charge is 0.324 e. The number of rotatable bonds is 3. The molecule has 2 aliphatic rings. The second-order valence-corrected chi connectivity index (χ2v) is 6.52. The average Bonchev–Trinajstić information content (AvgIpc) is 2.90. The predicted octanol–water partition coefficient (Wildman–Crippen LogP) is 2.27. The van der Waals surface area contributed by atoms with Crippen molar-refractivity contribution in [3.63, 3.8) is 0 Å². The van der Waals surface area contributed by atoms with Crippen molar-refractivity contribution in [2.75, 3.05) is 26.2 Å². The highest BCUT2D eigenvalue weighted by Gasteiger charge is 2.37. The molecule has 0 bridgehead atoms. The van der Waals surface area contributed by atoms with Crippen molar-refractivity contribution in [1.82, 2.24) is 10.2 Å². The van der Waals surface area contributed by atoms with Crippen LogP contribution in [0.2, 0.25) is 0 Å². The molecule has 21 heavy (non-hydrogen) atoms. The molecule has 0 amide bonds. The summed E-state index contributed by atoms with van der Waals surface area (Å²) in [5.74, 6) is -0.102. The van der Waals surface area contributed by atoms with Gasteiger partial charge in [-0.15, -0.1) is 0 Å². The zero-order valence-electron chi connectivity index (χ0n) is 12.3. The first-order chi connectivity index (χ1) is 10.2. The Bertz CT molecular complexity index is 535. The minimum Gasteiger partial charge on any atom is -0.465 e. The lowest BCUT2D eigenvalue weighted by atomic mass is 10.0. The summed E-state index contributed by atoms with van der Waals surface area (Å²) < 4.78 is 6.38. The number of nitrogens with zero attached hydrogens (tertiary/aromatic N) is 1. The summed E-state index contributed by atoms with van der Waals surface area (Å²) in [6.45, 7) is 4.81. The molecule has 1 aromatic rings. The number of aryl methyl sites for hydroxylation is 1. The van der Waals surface area contributed by atoms with Gasteiger partial charge in [0.15, 0.2) is 0 Å². The summed E-state index contributed by atoms with van der Waals surface area (Å²) in [6.07, 6.45) is 2.17. The van der Waals surface area contributed by atoms with E-state index in [0.29, 0.717) is 19.2 Å². The molecule has 0 saturated carbocycles. The van der Waals surface area contributed by atoms with E-state index in [9.17, 15) is 4.79 Å². The van der Waals surface area contributed by atoms with Crippen LogP contribution in [0.5, 0.6) is 0 Å². The zero-order chi connectivity index (χ0) is 14.8. The van der Waals surface area contributed by atoms with Gasteiger partial charge in [0.1, 0.15) is 6.04 Å². The lowest BCUT2D eigenvalue weighted by molar-refractivity contribution is -0.151. The molecule has 114 valence electrons. The minimum atomic E-state index is -0.168. The average molecular weight is 353 g/mol. The number of fused-ring (bicyclic) bond motifs is 1. The Labute approximate surface area is 134 Å². The molecule has 0 aromatic heterocycles. The highest BCUT2D eigenvalue weighted by atomic mass is 79.9. The highest BCUT2D eigenvalue weighted by molar-refractivity contribution is 9.10. The molecule has 4 nitrogen and oxygen atoms in total. The molecule has 1 saturated heterocycles. The second kappa shape index (κ2) is 6.46. The van der Waals surface area contributed by atoms with Crippen LogP contribution in [0.1, 0.15) is 30.5 Å². The first-order valence-electron chi connectivity index (χ1n) is 7.62. The van der Waals surface area contributed by atoms with Gasteiger partial charge in [-0.2, -0.15) is 0 Å². The van der Waals surface area contributed by atoms with E-state index >= 15 is 0 Å². The third-order valence-electron chi connectivity index (χ3n) is 4.39. The number of hydrogen-bond donors (Lipinski definition) is 1. The van der Waals surface area contributed by atoms with Crippen molar-refractivity contribution in [2.24, 2.45) is 0 Å². The highest BCUT2D eigenvalue weighted by Crippen LogP contribution is 2.38. The van der Waals surface area contributed by atoms with Gasteiger partial charge in [-0.25, -0.2) is 0 Å². The second-order valence-electron chi connectivity index (χ2n) is 5.61. The van der Waals surface area contributed by atoms with Crippen molar-refractivity contribution in [3.05, 3.63) is 33.8 Å². The molecule has 2 unspecified atom stereocenters. The fourth-order valence-electron chi connectivity index (χ4n) is 3.46. The van der Waals surface area contributed by atoms with Crippen LogP contribution in [0.3, 0.4) is 0 Å². The lowest BCUT2D eigenvalue weighted by Gasteiger charge is -2.39. The van der Waals surface area contributed by atoms with Crippen LogP contribution in [0.25, 0.3) is 0 Å². The number of carbonyl (C=O) groups excluding carboxylic acids is 1. The van der Waals surface area contributed by atoms with Crippen LogP contribution in [0.4, 0.5) is 0 Å². The van der Waals surface area contributed by atoms with E-state index in [0.717, 1.165) is 30.4 Å². The van der Waals surface area contributed by atoms with E-state index in [1.54, 1.807) is 0 Å². The van der Waals surface area contributed by atoms with Gasteiger partial charge in [0.25, 0.3) is 0 Å². The van der Waals surface area contributed by atoms with Crippen molar-refractivity contribution in [3.8, 4) is 0 Å². The van der Waals surface area contributed by atoms with Gasteiger partial charge in [0.05, 0.1) is 6.61 Å². The van der Waals surface area contributed by atoms with Crippen molar-refractivity contribution >= 4 is 21.9 Å². The number of hydrogen-bond acceptors (Lipinski definition) is 4. The number of nitrogens with one attached hydrogen (secondary N) is 1. The Morgan fingerprint density at radius 2 is 2.38 bits per heavy atom. The summed E-state index contributed by atoms with van der Waals surface area (Å²) in [4.78, 5) is 14.5.